The second kappa shape index (κ2) is 7.72. The van der Waals surface area contributed by atoms with Crippen molar-refractivity contribution in [3.8, 4) is 0 Å². The SMILES string of the molecule is O=C(CN1CCN(Cc2ccccc2)CC1)N=C1NC(=O)CS1. The number of amidine groups is 1. The fraction of sp³-hybridized carbons (Fsp3) is 0.438. The summed E-state index contributed by atoms with van der Waals surface area (Å²) in [4.78, 5) is 31.5. The number of carbonyl (C=O) groups excluding carboxylic acids is 2. The molecule has 2 amide bonds. The van der Waals surface area contributed by atoms with E-state index in [4.69, 9.17) is 0 Å². The Balaban J connectivity index is 1.42. The van der Waals surface area contributed by atoms with Crippen LogP contribution in [0.25, 0.3) is 0 Å². The van der Waals surface area contributed by atoms with E-state index in [1.54, 1.807) is 0 Å². The molecule has 0 bridgehead atoms. The van der Waals surface area contributed by atoms with Gasteiger partial charge in [-0.2, -0.15) is 4.99 Å². The molecule has 2 fully saturated rings. The van der Waals surface area contributed by atoms with Crippen LogP contribution in [0.1, 0.15) is 5.56 Å². The predicted molar refractivity (Wildman–Crippen MR) is 91.2 cm³/mol. The van der Waals surface area contributed by atoms with Crippen LogP contribution < -0.4 is 5.32 Å². The Kier molecular flexibility index (Phi) is 5.43. The molecule has 1 N–H and O–H groups in total. The second-order valence-corrected chi connectivity index (χ2v) is 6.65. The molecule has 0 radical (unpaired) electrons. The third kappa shape index (κ3) is 4.89. The van der Waals surface area contributed by atoms with Gasteiger partial charge in [0.1, 0.15) is 0 Å². The van der Waals surface area contributed by atoms with Crippen molar-refractivity contribution in [1.82, 2.24) is 15.1 Å². The van der Waals surface area contributed by atoms with Gasteiger partial charge < -0.3 is 5.32 Å². The summed E-state index contributed by atoms with van der Waals surface area (Å²) < 4.78 is 0. The van der Waals surface area contributed by atoms with Crippen LogP contribution in [0.2, 0.25) is 0 Å². The average molecular weight is 332 g/mol. The lowest BCUT2D eigenvalue weighted by atomic mass is 10.2. The van der Waals surface area contributed by atoms with Gasteiger partial charge in [-0.1, -0.05) is 42.1 Å². The van der Waals surface area contributed by atoms with Crippen molar-refractivity contribution in [1.29, 1.82) is 0 Å². The van der Waals surface area contributed by atoms with Gasteiger partial charge in [0.15, 0.2) is 5.17 Å². The number of hydrogen-bond acceptors (Lipinski definition) is 5. The van der Waals surface area contributed by atoms with Crippen LogP contribution in [0.3, 0.4) is 0 Å². The Morgan fingerprint density at radius 3 is 2.48 bits per heavy atom. The molecular weight excluding hydrogens is 312 g/mol. The van der Waals surface area contributed by atoms with Gasteiger partial charge in [0, 0.05) is 32.7 Å². The zero-order valence-corrected chi connectivity index (χ0v) is 13.7. The smallest absolute Gasteiger partial charge is 0.262 e. The summed E-state index contributed by atoms with van der Waals surface area (Å²) in [7, 11) is 0. The van der Waals surface area contributed by atoms with Crippen LogP contribution >= 0.6 is 11.8 Å². The van der Waals surface area contributed by atoms with Gasteiger partial charge in [-0.05, 0) is 5.56 Å². The summed E-state index contributed by atoms with van der Waals surface area (Å²) in [6.45, 7) is 4.90. The maximum atomic E-state index is 11.9. The molecule has 0 aromatic heterocycles. The first-order valence-corrected chi connectivity index (χ1v) is 8.70. The Hall–Kier alpha value is -1.70. The molecule has 0 unspecified atom stereocenters. The quantitative estimate of drug-likeness (QED) is 0.872. The number of piperazine rings is 1. The van der Waals surface area contributed by atoms with Crippen LogP contribution in [0.5, 0.6) is 0 Å². The van der Waals surface area contributed by atoms with Crippen molar-refractivity contribution in [2.45, 2.75) is 6.54 Å². The number of nitrogens with one attached hydrogen (secondary N) is 1. The highest BCUT2D eigenvalue weighted by Gasteiger charge is 2.21. The Morgan fingerprint density at radius 2 is 1.83 bits per heavy atom. The zero-order chi connectivity index (χ0) is 16.1. The molecule has 3 rings (SSSR count). The molecule has 23 heavy (non-hydrogen) atoms. The van der Waals surface area contributed by atoms with Crippen molar-refractivity contribution < 1.29 is 9.59 Å². The molecule has 2 saturated heterocycles. The zero-order valence-electron chi connectivity index (χ0n) is 12.9. The molecule has 0 saturated carbocycles. The largest absolute Gasteiger partial charge is 0.304 e. The van der Waals surface area contributed by atoms with E-state index < -0.39 is 0 Å². The number of hydrogen-bond donors (Lipinski definition) is 1. The van der Waals surface area contributed by atoms with Crippen LogP contribution in [-0.2, 0) is 16.1 Å². The summed E-state index contributed by atoms with van der Waals surface area (Å²) in [5.74, 6) is 0.0758. The van der Waals surface area contributed by atoms with E-state index in [-0.39, 0.29) is 11.8 Å². The van der Waals surface area contributed by atoms with E-state index in [0.717, 1.165) is 32.7 Å². The highest BCUT2D eigenvalue weighted by molar-refractivity contribution is 8.15. The van der Waals surface area contributed by atoms with Crippen molar-refractivity contribution in [3.63, 3.8) is 0 Å². The number of thioether (sulfide) groups is 1. The number of rotatable bonds is 4. The fourth-order valence-corrected chi connectivity index (χ4v) is 3.36. The highest BCUT2D eigenvalue weighted by Crippen LogP contribution is 2.10. The molecular formula is C16H20N4O2S. The molecule has 2 aliphatic rings. The molecule has 1 aromatic carbocycles. The molecule has 2 heterocycles. The Bertz CT molecular complexity index is 597. The monoisotopic (exact) mass is 332 g/mol. The summed E-state index contributed by atoms with van der Waals surface area (Å²) in [5, 5.41) is 3.02. The molecule has 2 aliphatic heterocycles. The van der Waals surface area contributed by atoms with Crippen LogP contribution in [0, 0.1) is 0 Å². The Labute approximate surface area is 139 Å². The van der Waals surface area contributed by atoms with Gasteiger partial charge in [0.25, 0.3) is 5.91 Å². The number of benzene rings is 1. The summed E-state index contributed by atoms with van der Waals surface area (Å²) in [6, 6.07) is 10.4. The highest BCUT2D eigenvalue weighted by atomic mass is 32.2. The van der Waals surface area contributed by atoms with Crippen LogP contribution in [0.4, 0.5) is 0 Å². The van der Waals surface area contributed by atoms with E-state index in [1.165, 1.54) is 17.3 Å². The first-order chi connectivity index (χ1) is 11.2. The minimum atomic E-state index is -0.189. The van der Waals surface area contributed by atoms with Crippen LogP contribution in [0.15, 0.2) is 35.3 Å². The van der Waals surface area contributed by atoms with Crippen molar-refractivity contribution >= 4 is 28.7 Å². The van der Waals surface area contributed by atoms with E-state index in [0.29, 0.717) is 17.5 Å². The third-order valence-corrected chi connectivity index (χ3v) is 4.76. The summed E-state index contributed by atoms with van der Waals surface area (Å²) >= 11 is 1.28. The molecule has 1 aromatic rings. The van der Waals surface area contributed by atoms with Gasteiger partial charge in [0.2, 0.25) is 5.91 Å². The number of aliphatic imine (C=N–C) groups is 1. The van der Waals surface area contributed by atoms with Crippen molar-refractivity contribution in [2.24, 2.45) is 4.99 Å². The van der Waals surface area contributed by atoms with Crippen molar-refractivity contribution in [2.75, 3.05) is 38.5 Å². The topological polar surface area (TPSA) is 65.0 Å². The summed E-state index contributed by atoms with van der Waals surface area (Å²) in [6.07, 6.45) is 0. The second-order valence-electron chi connectivity index (χ2n) is 5.69. The molecule has 6 nitrogen and oxygen atoms in total. The maximum Gasteiger partial charge on any atom is 0.262 e. The lowest BCUT2D eigenvalue weighted by Gasteiger charge is -2.33. The molecule has 122 valence electrons. The molecule has 0 spiro atoms. The normalized spacial score (nSPS) is 21.6. The predicted octanol–water partition coefficient (Wildman–Crippen LogP) is 0.550. The van der Waals surface area contributed by atoms with E-state index in [2.05, 4.69) is 44.4 Å². The van der Waals surface area contributed by atoms with Crippen molar-refractivity contribution in [3.05, 3.63) is 35.9 Å². The number of amides is 2. The lowest BCUT2D eigenvalue weighted by Crippen LogP contribution is -2.47. The summed E-state index contributed by atoms with van der Waals surface area (Å²) in [5.41, 5.74) is 1.32. The third-order valence-electron chi connectivity index (χ3n) is 3.89. The number of carbonyl (C=O) groups is 2. The first kappa shape index (κ1) is 16.2. The van der Waals surface area contributed by atoms with Gasteiger partial charge in [-0.25, -0.2) is 0 Å². The first-order valence-electron chi connectivity index (χ1n) is 7.72. The Morgan fingerprint density at radius 1 is 1.13 bits per heavy atom. The van der Waals surface area contributed by atoms with E-state index in [1.807, 2.05) is 6.07 Å². The van der Waals surface area contributed by atoms with Gasteiger partial charge in [-0.3, -0.25) is 19.4 Å². The fourth-order valence-electron chi connectivity index (χ4n) is 2.67. The lowest BCUT2D eigenvalue weighted by molar-refractivity contribution is -0.119. The average Bonchev–Trinajstić information content (AvgIpc) is 2.95. The minimum absolute atomic E-state index is 0.0870. The van der Waals surface area contributed by atoms with E-state index >= 15 is 0 Å². The van der Waals surface area contributed by atoms with Gasteiger partial charge in [0.05, 0.1) is 12.3 Å². The van der Waals surface area contributed by atoms with Gasteiger partial charge in [-0.15, -0.1) is 0 Å². The van der Waals surface area contributed by atoms with E-state index in [9.17, 15) is 9.59 Å². The molecule has 7 heteroatoms. The maximum absolute atomic E-state index is 11.9. The number of nitrogens with zero attached hydrogens (tertiary/aromatic N) is 3. The molecule has 0 aliphatic carbocycles. The standard InChI is InChI=1S/C16H20N4O2S/c21-14(17-16-18-15(22)12-23-16)11-20-8-6-19(7-9-20)10-13-4-2-1-3-5-13/h1-5H,6-12H2,(H,17,18,21,22). The molecule has 0 atom stereocenters. The van der Waals surface area contributed by atoms with Crippen LogP contribution in [-0.4, -0.2) is 65.3 Å². The van der Waals surface area contributed by atoms with Gasteiger partial charge >= 0.3 is 0 Å². The minimum Gasteiger partial charge on any atom is -0.304 e.